The molecule has 1 atom stereocenters. The number of carbonyl (C=O) groups is 1. The Morgan fingerprint density at radius 1 is 1.06 bits per heavy atom. The molecule has 0 radical (unpaired) electrons. The van der Waals surface area contributed by atoms with Crippen molar-refractivity contribution in [1.29, 1.82) is 0 Å². The van der Waals surface area contributed by atoms with Gasteiger partial charge >= 0.3 is 0 Å². The summed E-state index contributed by atoms with van der Waals surface area (Å²) in [5, 5.41) is 8.50. The smallest absolute Gasteiger partial charge is 0.275 e. The molecule has 6 rings (SSSR count). The van der Waals surface area contributed by atoms with Gasteiger partial charge < -0.3 is 23.8 Å². The van der Waals surface area contributed by atoms with Gasteiger partial charge in [0.2, 0.25) is 0 Å². The van der Waals surface area contributed by atoms with Crippen molar-refractivity contribution in [2.24, 2.45) is 0 Å². The molecule has 0 saturated carbocycles. The lowest BCUT2D eigenvalue weighted by Crippen LogP contribution is -2.31. The van der Waals surface area contributed by atoms with Crippen molar-refractivity contribution >= 4 is 16.8 Å². The Labute approximate surface area is 201 Å². The van der Waals surface area contributed by atoms with Gasteiger partial charge in [-0.25, -0.2) is 0 Å². The molecule has 1 aliphatic heterocycles. The molecule has 35 heavy (non-hydrogen) atoms. The third kappa shape index (κ3) is 3.45. The Bertz CT molecular complexity index is 1500. The van der Waals surface area contributed by atoms with Gasteiger partial charge in [0.15, 0.2) is 11.5 Å². The highest BCUT2D eigenvalue weighted by Crippen LogP contribution is 2.43. The average Bonchev–Trinajstić information content (AvgIpc) is 3.68. The maximum Gasteiger partial charge on any atom is 0.275 e. The second-order valence-corrected chi connectivity index (χ2v) is 8.49. The molecule has 3 aromatic heterocycles. The van der Waals surface area contributed by atoms with Crippen LogP contribution in [0.5, 0.6) is 11.5 Å². The van der Waals surface area contributed by atoms with E-state index in [0.29, 0.717) is 24.4 Å². The van der Waals surface area contributed by atoms with E-state index in [0.717, 1.165) is 44.8 Å². The maximum absolute atomic E-state index is 13.6. The summed E-state index contributed by atoms with van der Waals surface area (Å²) in [6.45, 7) is 0.521. The number of furan rings is 1. The van der Waals surface area contributed by atoms with Crippen molar-refractivity contribution in [3.63, 3.8) is 0 Å². The SMILES string of the molecule is COc1ccc([C@H]2c3c(n[nH]c3-c3ccco3)C(=O)N2CCc2c[nH]c3ccc(OC)cc23)cc1. The third-order valence-electron chi connectivity index (χ3n) is 6.65. The number of methoxy groups -OCH3 is 2. The van der Waals surface area contributed by atoms with Crippen LogP contribution in [0.1, 0.15) is 33.2 Å². The molecule has 5 aromatic rings. The summed E-state index contributed by atoms with van der Waals surface area (Å²) in [5.74, 6) is 2.11. The first-order valence-corrected chi connectivity index (χ1v) is 11.4. The second kappa shape index (κ2) is 8.39. The normalized spacial score (nSPS) is 15.1. The summed E-state index contributed by atoms with van der Waals surface area (Å²) < 4.78 is 16.4. The van der Waals surface area contributed by atoms with Crippen LogP contribution < -0.4 is 9.47 Å². The van der Waals surface area contributed by atoms with Gasteiger partial charge in [-0.3, -0.25) is 9.89 Å². The van der Waals surface area contributed by atoms with Crippen LogP contribution in [0.2, 0.25) is 0 Å². The van der Waals surface area contributed by atoms with Crippen LogP contribution in [0, 0.1) is 0 Å². The van der Waals surface area contributed by atoms with E-state index in [4.69, 9.17) is 13.9 Å². The summed E-state index contributed by atoms with van der Waals surface area (Å²) in [6.07, 6.45) is 4.29. The van der Waals surface area contributed by atoms with Gasteiger partial charge in [-0.1, -0.05) is 12.1 Å². The molecule has 1 aliphatic rings. The van der Waals surface area contributed by atoms with Crippen LogP contribution in [-0.4, -0.2) is 46.8 Å². The fraction of sp³-hybridized carbons (Fsp3) is 0.185. The Kier molecular flexibility index (Phi) is 5.06. The monoisotopic (exact) mass is 468 g/mol. The number of hydrogen-bond acceptors (Lipinski definition) is 5. The van der Waals surface area contributed by atoms with Crippen LogP contribution in [0.25, 0.3) is 22.4 Å². The van der Waals surface area contributed by atoms with E-state index in [1.54, 1.807) is 20.5 Å². The topological polar surface area (TPSA) is 96.4 Å². The molecule has 2 aromatic carbocycles. The number of benzene rings is 2. The fourth-order valence-corrected chi connectivity index (χ4v) is 4.89. The molecule has 0 saturated heterocycles. The lowest BCUT2D eigenvalue weighted by molar-refractivity contribution is 0.0746. The van der Waals surface area contributed by atoms with Gasteiger partial charge in [0.1, 0.15) is 17.2 Å². The molecular weight excluding hydrogens is 444 g/mol. The van der Waals surface area contributed by atoms with Crippen molar-refractivity contribution in [1.82, 2.24) is 20.1 Å². The van der Waals surface area contributed by atoms with E-state index in [2.05, 4.69) is 15.2 Å². The zero-order chi connectivity index (χ0) is 23.9. The minimum Gasteiger partial charge on any atom is -0.497 e. The molecule has 8 nitrogen and oxygen atoms in total. The number of rotatable bonds is 7. The molecule has 8 heteroatoms. The minimum absolute atomic E-state index is 0.104. The summed E-state index contributed by atoms with van der Waals surface area (Å²) in [5.41, 5.74) is 5.12. The van der Waals surface area contributed by atoms with Crippen LogP contribution in [0.3, 0.4) is 0 Å². The van der Waals surface area contributed by atoms with E-state index < -0.39 is 0 Å². The molecule has 0 spiro atoms. The van der Waals surface area contributed by atoms with E-state index in [-0.39, 0.29) is 11.9 Å². The number of aromatic nitrogens is 3. The van der Waals surface area contributed by atoms with Crippen molar-refractivity contribution in [3.8, 4) is 23.0 Å². The van der Waals surface area contributed by atoms with E-state index in [1.165, 1.54) is 0 Å². The van der Waals surface area contributed by atoms with E-state index in [1.807, 2.05) is 65.7 Å². The first kappa shape index (κ1) is 21.1. The zero-order valence-corrected chi connectivity index (χ0v) is 19.4. The van der Waals surface area contributed by atoms with Crippen molar-refractivity contribution in [2.75, 3.05) is 20.8 Å². The quantitative estimate of drug-likeness (QED) is 0.352. The molecule has 1 amide bonds. The summed E-state index contributed by atoms with van der Waals surface area (Å²) in [6, 6.07) is 17.2. The number of carbonyl (C=O) groups excluding carboxylic acids is 1. The lowest BCUT2D eigenvalue weighted by Gasteiger charge is -2.26. The molecule has 0 unspecified atom stereocenters. The predicted molar refractivity (Wildman–Crippen MR) is 131 cm³/mol. The Morgan fingerprint density at radius 3 is 2.60 bits per heavy atom. The fourth-order valence-electron chi connectivity index (χ4n) is 4.89. The van der Waals surface area contributed by atoms with Gasteiger partial charge in [-0.2, -0.15) is 5.10 Å². The molecule has 2 N–H and O–H groups in total. The van der Waals surface area contributed by atoms with Crippen LogP contribution in [0.4, 0.5) is 0 Å². The van der Waals surface area contributed by atoms with Gasteiger partial charge in [0.25, 0.3) is 5.91 Å². The molecule has 0 bridgehead atoms. The number of nitrogens with zero attached hydrogens (tertiary/aromatic N) is 2. The first-order valence-electron chi connectivity index (χ1n) is 11.4. The molecule has 4 heterocycles. The Balaban J connectivity index is 1.38. The summed E-state index contributed by atoms with van der Waals surface area (Å²) in [4.78, 5) is 18.8. The number of fused-ring (bicyclic) bond motifs is 2. The number of ether oxygens (including phenoxy) is 2. The zero-order valence-electron chi connectivity index (χ0n) is 19.4. The van der Waals surface area contributed by atoms with Crippen molar-refractivity contribution in [3.05, 3.63) is 89.4 Å². The van der Waals surface area contributed by atoms with Crippen molar-refractivity contribution in [2.45, 2.75) is 12.5 Å². The molecule has 0 fully saturated rings. The second-order valence-electron chi connectivity index (χ2n) is 8.49. The average molecular weight is 469 g/mol. The molecular formula is C27H24N4O4. The summed E-state index contributed by atoms with van der Waals surface area (Å²) in [7, 11) is 3.30. The van der Waals surface area contributed by atoms with Crippen LogP contribution in [-0.2, 0) is 6.42 Å². The van der Waals surface area contributed by atoms with Crippen molar-refractivity contribution < 1.29 is 18.7 Å². The van der Waals surface area contributed by atoms with Crippen LogP contribution in [0.15, 0.2) is 71.5 Å². The van der Waals surface area contributed by atoms with Gasteiger partial charge in [-0.05, 0) is 60.0 Å². The maximum atomic E-state index is 13.6. The molecule has 0 aliphatic carbocycles. The largest absolute Gasteiger partial charge is 0.497 e. The number of aromatic amines is 2. The third-order valence-corrected chi connectivity index (χ3v) is 6.65. The van der Waals surface area contributed by atoms with E-state index >= 15 is 0 Å². The highest BCUT2D eigenvalue weighted by Gasteiger charge is 2.42. The number of H-pyrrole nitrogens is 2. The Hall–Kier alpha value is -4.46. The predicted octanol–water partition coefficient (Wildman–Crippen LogP) is 4.96. The standard InChI is InChI=1S/C27H24N4O4/c1-33-18-7-5-16(6-8-18)26-23-24(22-4-3-13-35-22)29-30-25(23)27(32)31(26)12-11-17-15-28-21-10-9-19(34-2)14-20(17)21/h3-10,13-15,26,28H,11-12H2,1-2H3,(H,29,30)/t26-/m0/s1. The first-order chi connectivity index (χ1) is 17.2. The van der Waals surface area contributed by atoms with Gasteiger partial charge in [-0.15, -0.1) is 0 Å². The highest BCUT2D eigenvalue weighted by molar-refractivity contribution is 6.00. The van der Waals surface area contributed by atoms with E-state index in [9.17, 15) is 4.79 Å². The number of hydrogen-bond donors (Lipinski definition) is 2. The van der Waals surface area contributed by atoms with Crippen LogP contribution >= 0.6 is 0 Å². The number of nitrogens with one attached hydrogen (secondary N) is 2. The molecule has 176 valence electrons. The minimum atomic E-state index is -0.304. The summed E-state index contributed by atoms with van der Waals surface area (Å²) >= 11 is 0. The lowest BCUT2D eigenvalue weighted by atomic mass is 9.97. The highest BCUT2D eigenvalue weighted by atomic mass is 16.5. The number of amides is 1. The van der Waals surface area contributed by atoms with Gasteiger partial charge in [0, 0.05) is 29.2 Å². The van der Waals surface area contributed by atoms with Gasteiger partial charge in [0.05, 0.1) is 26.5 Å². The Morgan fingerprint density at radius 2 is 1.86 bits per heavy atom.